The molecular weight excluding hydrogens is 228 g/mol. The fraction of sp³-hybridized carbons (Fsp3) is 0.462. The van der Waals surface area contributed by atoms with Gasteiger partial charge in [-0.05, 0) is 12.1 Å². The van der Waals surface area contributed by atoms with E-state index in [1.165, 1.54) is 5.69 Å². The molecule has 2 N–H and O–H groups in total. The van der Waals surface area contributed by atoms with E-state index in [0.717, 1.165) is 44.0 Å². The van der Waals surface area contributed by atoms with Gasteiger partial charge >= 0.3 is 0 Å². The summed E-state index contributed by atoms with van der Waals surface area (Å²) in [6.07, 6.45) is 0.726. The van der Waals surface area contributed by atoms with Crippen LogP contribution < -0.4 is 20.4 Å². The third-order valence-electron chi connectivity index (χ3n) is 3.13. The molecule has 5 heteroatoms. The molecule has 18 heavy (non-hydrogen) atoms. The third-order valence-corrected chi connectivity index (χ3v) is 3.13. The van der Waals surface area contributed by atoms with E-state index in [9.17, 15) is 4.79 Å². The van der Waals surface area contributed by atoms with Gasteiger partial charge in [0.05, 0.1) is 17.1 Å². The first-order chi connectivity index (χ1) is 8.74. The highest BCUT2D eigenvalue weighted by Gasteiger charge is 2.17. The van der Waals surface area contributed by atoms with Crippen LogP contribution >= 0.6 is 0 Å². The van der Waals surface area contributed by atoms with Crippen LogP contribution in [0.15, 0.2) is 18.2 Å². The largest absolute Gasteiger partial charge is 0.374 e. The van der Waals surface area contributed by atoms with E-state index in [2.05, 4.69) is 21.6 Å². The van der Waals surface area contributed by atoms with Crippen LogP contribution in [0, 0.1) is 0 Å². The molecule has 1 aliphatic heterocycles. The van der Waals surface area contributed by atoms with Gasteiger partial charge < -0.3 is 20.4 Å². The van der Waals surface area contributed by atoms with E-state index >= 15 is 0 Å². The zero-order chi connectivity index (χ0) is 13.0. The lowest BCUT2D eigenvalue weighted by Gasteiger charge is -2.33. The van der Waals surface area contributed by atoms with Gasteiger partial charge in [-0.2, -0.15) is 0 Å². The summed E-state index contributed by atoms with van der Waals surface area (Å²) in [7, 11) is 3.99. The van der Waals surface area contributed by atoms with Crippen LogP contribution in [-0.2, 0) is 4.79 Å². The predicted octanol–water partition coefficient (Wildman–Crippen LogP) is 0.730. The number of benzene rings is 1. The Morgan fingerprint density at radius 1 is 1.33 bits per heavy atom. The van der Waals surface area contributed by atoms with Gasteiger partial charge in [-0.1, -0.05) is 6.07 Å². The number of amides is 1. The Labute approximate surface area is 108 Å². The fourth-order valence-electron chi connectivity index (χ4n) is 2.34. The van der Waals surface area contributed by atoms with Crippen molar-refractivity contribution in [1.29, 1.82) is 0 Å². The third kappa shape index (κ3) is 2.56. The van der Waals surface area contributed by atoms with Crippen molar-refractivity contribution in [2.45, 2.75) is 0 Å². The van der Waals surface area contributed by atoms with E-state index in [1.807, 2.05) is 31.1 Å². The van der Waals surface area contributed by atoms with Gasteiger partial charge in [0.25, 0.3) is 0 Å². The number of piperazine rings is 1. The van der Waals surface area contributed by atoms with Crippen LogP contribution in [0.5, 0.6) is 0 Å². The SMILES string of the molecule is CN(C)c1c(NC=O)cccc1N1CCNCC1. The number of carbonyl (C=O) groups is 1. The number of para-hydroxylation sites is 1. The summed E-state index contributed by atoms with van der Waals surface area (Å²) >= 11 is 0. The average molecular weight is 248 g/mol. The molecule has 1 aliphatic rings. The molecule has 98 valence electrons. The molecule has 2 rings (SSSR count). The predicted molar refractivity (Wildman–Crippen MR) is 75.5 cm³/mol. The molecule has 1 amide bonds. The molecule has 0 aromatic heterocycles. The van der Waals surface area contributed by atoms with Gasteiger partial charge in [-0.3, -0.25) is 4.79 Å². The Balaban J connectivity index is 2.38. The molecule has 1 fully saturated rings. The summed E-state index contributed by atoms with van der Waals surface area (Å²) in [5, 5.41) is 6.12. The second-order valence-corrected chi connectivity index (χ2v) is 4.57. The zero-order valence-corrected chi connectivity index (χ0v) is 10.9. The second kappa shape index (κ2) is 5.73. The van der Waals surface area contributed by atoms with E-state index in [4.69, 9.17) is 0 Å². The minimum atomic E-state index is 0.726. The smallest absolute Gasteiger partial charge is 0.211 e. The summed E-state index contributed by atoms with van der Waals surface area (Å²) in [6.45, 7) is 3.98. The molecule has 0 aliphatic carbocycles. The van der Waals surface area contributed by atoms with Gasteiger partial charge in [0.15, 0.2) is 0 Å². The minimum Gasteiger partial charge on any atom is -0.374 e. The van der Waals surface area contributed by atoms with Crippen molar-refractivity contribution in [3.8, 4) is 0 Å². The topological polar surface area (TPSA) is 47.6 Å². The van der Waals surface area contributed by atoms with Crippen LogP contribution in [0.1, 0.15) is 0 Å². The maximum Gasteiger partial charge on any atom is 0.211 e. The summed E-state index contributed by atoms with van der Waals surface area (Å²) in [5.74, 6) is 0. The van der Waals surface area contributed by atoms with E-state index < -0.39 is 0 Å². The van der Waals surface area contributed by atoms with E-state index in [0.29, 0.717) is 0 Å². The normalized spacial score (nSPS) is 15.3. The number of rotatable bonds is 4. The quantitative estimate of drug-likeness (QED) is 0.771. The van der Waals surface area contributed by atoms with Gasteiger partial charge in [0.2, 0.25) is 6.41 Å². The Kier molecular flexibility index (Phi) is 4.04. The number of nitrogens with zero attached hydrogens (tertiary/aromatic N) is 2. The standard InChI is InChI=1S/C13H20N4O/c1-16(2)13-11(15-10-18)4-3-5-12(13)17-8-6-14-7-9-17/h3-5,10,14H,6-9H2,1-2H3,(H,15,18). The Hall–Kier alpha value is -1.75. The lowest BCUT2D eigenvalue weighted by Crippen LogP contribution is -2.44. The molecule has 0 unspecified atom stereocenters. The van der Waals surface area contributed by atoms with E-state index in [-0.39, 0.29) is 0 Å². The van der Waals surface area contributed by atoms with Crippen LogP contribution in [0.4, 0.5) is 17.1 Å². The molecule has 5 nitrogen and oxygen atoms in total. The van der Waals surface area contributed by atoms with Crippen LogP contribution in [0.2, 0.25) is 0 Å². The maximum atomic E-state index is 10.7. The van der Waals surface area contributed by atoms with Gasteiger partial charge in [0.1, 0.15) is 0 Å². The number of hydrogen-bond acceptors (Lipinski definition) is 4. The molecule has 1 aromatic rings. The number of anilines is 3. The lowest BCUT2D eigenvalue weighted by molar-refractivity contribution is -0.105. The maximum absolute atomic E-state index is 10.7. The summed E-state index contributed by atoms with van der Waals surface area (Å²) in [6, 6.07) is 6.02. The Morgan fingerprint density at radius 2 is 2.06 bits per heavy atom. The van der Waals surface area contributed by atoms with Crippen LogP contribution in [0.25, 0.3) is 0 Å². The fourth-order valence-corrected chi connectivity index (χ4v) is 2.34. The highest BCUT2D eigenvalue weighted by atomic mass is 16.1. The first-order valence-corrected chi connectivity index (χ1v) is 6.20. The molecule has 0 saturated carbocycles. The van der Waals surface area contributed by atoms with Crippen molar-refractivity contribution < 1.29 is 4.79 Å². The monoisotopic (exact) mass is 248 g/mol. The lowest BCUT2D eigenvalue weighted by atomic mass is 10.1. The van der Waals surface area contributed by atoms with Crippen molar-refractivity contribution in [3.05, 3.63) is 18.2 Å². The molecule has 1 saturated heterocycles. The zero-order valence-electron chi connectivity index (χ0n) is 10.9. The number of hydrogen-bond donors (Lipinski definition) is 2. The first kappa shape index (κ1) is 12.7. The van der Waals surface area contributed by atoms with Crippen LogP contribution in [-0.4, -0.2) is 46.7 Å². The van der Waals surface area contributed by atoms with Crippen molar-refractivity contribution in [2.24, 2.45) is 0 Å². The van der Waals surface area contributed by atoms with Crippen molar-refractivity contribution in [3.63, 3.8) is 0 Å². The Bertz CT molecular complexity index is 413. The molecule has 0 atom stereocenters. The molecule has 1 aromatic carbocycles. The second-order valence-electron chi connectivity index (χ2n) is 4.57. The van der Waals surface area contributed by atoms with Crippen molar-refractivity contribution >= 4 is 23.5 Å². The molecule has 0 bridgehead atoms. The number of nitrogens with one attached hydrogen (secondary N) is 2. The van der Waals surface area contributed by atoms with Crippen LogP contribution in [0.3, 0.4) is 0 Å². The highest BCUT2D eigenvalue weighted by Crippen LogP contribution is 2.35. The Morgan fingerprint density at radius 3 is 2.67 bits per heavy atom. The van der Waals surface area contributed by atoms with Gasteiger partial charge in [-0.25, -0.2) is 0 Å². The molecule has 0 spiro atoms. The highest BCUT2D eigenvalue weighted by molar-refractivity contribution is 5.89. The summed E-state index contributed by atoms with van der Waals surface area (Å²) in [5.41, 5.74) is 3.09. The van der Waals surface area contributed by atoms with Crippen molar-refractivity contribution in [1.82, 2.24) is 5.32 Å². The summed E-state index contributed by atoms with van der Waals surface area (Å²) < 4.78 is 0. The van der Waals surface area contributed by atoms with E-state index in [1.54, 1.807) is 0 Å². The molecular formula is C13H20N4O. The minimum absolute atomic E-state index is 0.726. The van der Waals surface area contributed by atoms with Gasteiger partial charge in [-0.15, -0.1) is 0 Å². The summed E-state index contributed by atoms with van der Waals surface area (Å²) in [4.78, 5) is 15.1. The first-order valence-electron chi connectivity index (χ1n) is 6.20. The van der Waals surface area contributed by atoms with Gasteiger partial charge in [0, 0.05) is 40.3 Å². The van der Waals surface area contributed by atoms with Crippen molar-refractivity contribution in [2.75, 3.05) is 55.4 Å². The number of carbonyl (C=O) groups excluding carboxylic acids is 1. The average Bonchev–Trinajstić information content (AvgIpc) is 2.39. The molecule has 1 heterocycles. The molecule has 0 radical (unpaired) electrons.